The van der Waals surface area contributed by atoms with Crippen molar-refractivity contribution < 1.29 is 9.90 Å². The molecule has 0 radical (unpaired) electrons. The Labute approximate surface area is 96.3 Å². The monoisotopic (exact) mass is 216 g/mol. The summed E-state index contributed by atoms with van der Waals surface area (Å²) < 4.78 is 0. The van der Waals surface area contributed by atoms with Crippen LogP contribution in [-0.4, -0.2) is 11.1 Å². The van der Waals surface area contributed by atoms with Gasteiger partial charge in [-0.1, -0.05) is 43.2 Å². The third-order valence-corrected chi connectivity index (χ3v) is 2.36. The summed E-state index contributed by atoms with van der Waals surface area (Å²) in [5.74, 6) is 4.38. The van der Waals surface area contributed by atoms with Crippen LogP contribution in [0.4, 0.5) is 0 Å². The molecule has 1 aromatic carbocycles. The van der Waals surface area contributed by atoms with Crippen LogP contribution in [0.3, 0.4) is 0 Å². The Bertz CT molecular complexity index is 384. The van der Waals surface area contributed by atoms with E-state index in [1.54, 1.807) is 0 Å². The number of carbonyl (C=O) groups is 1. The van der Waals surface area contributed by atoms with Crippen LogP contribution >= 0.6 is 0 Å². The predicted octanol–water partition coefficient (Wildman–Crippen LogP) is 2.73. The van der Waals surface area contributed by atoms with Gasteiger partial charge in [0.05, 0.1) is 0 Å². The molecule has 84 valence electrons. The molecule has 0 spiro atoms. The summed E-state index contributed by atoms with van der Waals surface area (Å²) >= 11 is 0. The number of aliphatic carboxylic acids is 1. The van der Waals surface area contributed by atoms with E-state index in [9.17, 15) is 4.79 Å². The maximum absolute atomic E-state index is 10.7. The Morgan fingerprint density at radius 1 is 1.38 bits per heavy atom. The lowest BCUT2D eigenvalue weighted by Crippen LogP contribution is -2.09. The third-order valence-electron chi connectivity index (χ3n) is 2.36. The molecule has 0 bridgehead atoms. The van der Waals surface area contributed by atoms with Gasteiger partial charge in [0.15, 0.2) is 0 Å². The zero-order valence-corrected chi connectivity index (χ0v) is 9.44. The lowest BCUT2D eigenvalue weighted by Gasteiger charge is -1.99. The summed E-state index contributed by atoms with van der Waals surface area (Å²) in [4.78, 5) is 10.7. The van der Waals surface area contributed by atoms with Gasteiger partial charge in [-0.3, -0.25) is 4.79 Å². The van der Waals surface area contributed by atoms with E-state index in [1.807, 2.05) is 25.1 Å². The van der Waals surface area contributed by atoms with Gasteiger partial charge in [-0.05, 0) is 18.4 Å². The summed E-state index contributed by atoms with van der Waals surface area (Å²) in [6.07, 6.45) is 2.16. The number of aryl methyl sites for hydroxylation is 1. The van der Waals surface area contributed by atoms with E-state index in [2.05, 4.69) is 24.0 Å². The molecule has 0 aliphatic carbocycles. The molecule has 0 saturated carbocycles. The van der Waals surface area contributed by atoms with Crippen molar-refractivity contribution in [3.63, 3.8) is 0 Å². The van der Waals surface area contributed by atoms with Crippen molar-refractivity contribution in [1.29, 1.82) is 0 Å². The molecule has 0 aliphatic rings. The van der Waals surface area contributed by atoms with Gasteiger partial charge in [0.25, 0.3) is 0 Å². The Kier molecular flexibility index (Phi) is 5.15. The van der Waals surface area contributed by atoms with E-state index in [0.29, 0.717) is 12.8 Å². The first-order valence-electron chi connectivity index (χ1n) is 5.49. The van der Waals surface area contributed by atoms with E-state index in [-0.39, 0.29) is 0 Å². The Morgan fingerprint density at radius 2 is 2.06 bits per heavy atom. The summed E-state index contributed by atoms with van der Waals surface area (Å²) in [6.45, 7) is 1.84. The first-order chi connectivity index (χ1) is 7.74. The van der Waals surface area contributed by atoms with Gasteiger partial charge in [0, 0.05) is 6.42 Å². The largest absolute Gasteiger partial charge is 0.480 e. The molecular weight excluding hydrogens is 200 g/mol. The topological polar surface area (TPSA) is 37.3 Å². The molecule has 0 heterocycles. The molecule has 1 N–H and O–H groups in total. The highest BCUT2D eigenvalue weighted by Gasteiger charge is 2.09. The van der Waals surface area contributed by atoms with Crippen molar-refractivity contribution in [2.75, 3.05) is 0 Å². The highest BCUT2D eigenvalue weighted by atomic mass is 16.4. The smallest absolute Gasteiger partial charge is 0.318 e. The zero-order chi connectivity index (χ0) is 11.8. The van der Waals surface area contributed by atoms with Crippen molar-refractivity contribution in [3.05, 3.63) is 35.9 Å². The standard InChI is InChI=1S/C14H16O2/c1-2-13(14(15)16)11-7-6-10-12-8-4-3-5-9-12/h3-5,8-9,13H,2,6,10H2,1H3,(H,15,16). The van der Waals surface area contributed by atoms with Gasteiger partial charge in [0.2, 0.25) is 0 Å². The zero-order valence-electron chi connectivity index (χ0n) is 9.44. The molecule has 16 heavy (non-hydrogen) atoms. The Morgan fingerprint density at radius 3 is 2.62 bits per heavy atom. The lowest BCUT2D eigenvalue weighted by molar-refractivity contribution is -0.139. The molecule has 1 aromatic rings. The number of hydrogen-bond acceptors (Lipinski definition) is 1. The van der Waals surface area contributed by atoms with Crippen LogP contribution in [0.2, 0.25) is 0 Å². The van der Waals surface area contributed by atoms with Crippen molar-refractivity contribution in [2.24, 2.45) is 5.92 Å². The summed E-state index contributed by atoms with van der Waals surface area (Å²) in [5, 5.41) is 8.79. The molecule has 0 aromatic heterocycles. The van der Waals surface area contributed by atoms with E-state index in [0.717, 1.165) is 6.42 Å². The number of rotatable bonds is 4. The second kappa shape index (κ2) is 6.68. The van der Waals surface area contributed by atoms with Gasteiger partial charge in [0.1, 0.15) is 5.92 Å². The first kappa shape index (κ1) is 12.3. The average Bonchev–Trinajstić information content (AvgIpc) is 2.30. The van der Waals surface area contributed by atoms with E-state index in [4.69, 9.17) is 5.11 Å². The molecule has 0 amide bonds. The van der Waals surface area contributed by atoms with Gasteiger partial charge < -0.3 is 5.11 Å². The molecule has 0 fully saturated rings. The van der Waals surface area contributed by atoms with E-state index < -0.39 is 11.9 Å². The average molecular weight is 216 g/mol. The number of benzene rings is 1. The highest BCUT2D eigenvalue weighted by molar-refractivity contribution is 5.73. The normalized spacial score (nSPS) is 11.3. The summed E-state index contributed by atoms with van der Waals surface area (Å²) in [7, 11) is 0. The van der Waals surface area contributed by atoms with Crippen molar-refractivity contribution in [1.82, 2.24) is 0 Å². The Hall–Kier alpha value is -1.75. The highest BCUT2D eigenvalue weighted by Crippen LogP contribution is 2.03. The Balaban J connectivity index is 2.41. The van der Waals surface area contributed by atoms with E-state index >= 15 is 0 Å². The minimum absolute atomic E-state index is 0.518. The van der Waals surface area contributed by atoms with Crippen molar-refractivity contribution >= 4 is 5.97 Å². The molecule has 2 heteroatoms. The van der Waals surface area contributed by atoms with Crippen LogP contribution in [0.5, 0.6) is 0 Å². The minimum atomic E-state index is -0.824. The molecule has 1 rings (SSSR count). The van der Waals surface area contributed by atoms with E-state index in [1.165, 1.54) is 5.56 Å². The van der Waals surface area contributed by atoms with Crippen LogP contribution in [0.15, 0.2) is 30.3 Å². The minimum Gasteiger partial charge on any atom is -0.480 e. The van der Waals surface area contributed by atoms with Crippen LogP contribution in [0.25, 0.3) is 0 Å². The number of carboxylic acid groups (broad SMARTS) is 1. The fourth-order valence-electron chi connectivity index (χ4n) is 1.39. The second-order valence-corrected chi connectivity index (χ2v) is 3.61. The van der Waals surface area contributed by atoms with Crippen molar-refractivity contribution in [2.45, 2.75) is 26.2 Å². The second-order valence-electron chi connectivity index (χ2n) is 3.61. The molecule has 0 saturated heterocycles. The molecule has 2 nitrogen and oxygen atoms in total. The third kappa shape index (κ3) is 4.18. The molecule has 1 unspecified atom stereocenters. The maximum atomic E-state index is 10.7. The molecule has 1 atom stereocenters. The van der Waals surface area contributed by atoms with Gasteiger partial charge in [-0.2, -0.15) is 0 Å². The lowest BCUT2D eigenvalue weighted by atomic mass is 10.1. The fraction of sp³-hybridized carbons (Fsp3) is 0.357. The first-order valence-corrected chi connectivity index (χ1v) is 5.49. The van der Waals surface area contributed by atoms with Crippen LogP contribution in [0, 0.1) is 17.8 Å². The maximum Gasteiger partial charge on any atom is 0.318 e. The fourth-order valence-corrected chi connectivity index (χ4v) is 1.39. The summed E-state index contributed by atoms with van der Waals surface area (Å²) in [5.41, 5.74) is 1.24. The SMILES string of the molecule is CCC(C#CCCc1ccccc1)C(=O)O. The van der Waals surface area contributed by atoms with Crippen LogP contribution in [0.1, 0.15) is 25.3 Å². The number of carboxylic acids is 1. The van der Waals surface area contributed by atoms with Crippen LogP contribution in [-0.2, 0) is 11.2 Å². The van der Waals surface area contributed by atoms with Gasteiger partial charge >= 0.3 is 5.97 Å². The molecular formula is C14H16O2. The van der Waals surface area contributed by atoms with Crippen molar-refractivity contribution in [3.8, 4) is 11.8 Å². The molecule has 0 aliphatic heterocycles. The van der Waals surface area contributed by atoms with Gasteiger partial charge in [-0.25, -0.2) is 0 Å². The summed E-state index contributed by atoms with van der Waals surface area (Å²) in [6, 6.07) is 10.1. The van der Waals surface area contributed by atoms with Crippen LogP contribution < -0.4 is 0 Å². The number of hydrogen-bond donors (Lipinski definition) is 1. The quantitative estimate of drug-likeness (QED) is 0.786. The van der Waals surface area contributed by atoms with Gasteiger partial charge in [-0.15, -0.1) is 5.92 Å². The predicted molar refractivity (Wildman–Crippen MR) is 64.0 cm³/mol.